The molecule has 96 valence electrons. The van der Waals surface area contributed by atoms with Crippen LogP contribution in [0.2, 0.25) is 0 Å². The van der Waals surface area contributed by atoms with Crippen LogP contribution in [0.3, 0.4) is 0 Å². The summed E-state index contributed by atoms with van der Waals surface area (Å²) in [6, 6.07) is 9.44. The SMILES string of the molecule is CCCCN1CC(=O)N(Cc2ccccc2)C1=O. The van der Waals surface area contributed by atoms with Crippen LogP contribution in [-0.2, 0) is 11.3 Å². The summed E-state index contributed by atoms with van der Waals surface area (Å²) < 4.78 is 0. The van der Waals surface area contributed by atoms with Gasteiger partial charge in [0.15, 0.2) is 0 Å². The Bertz CT molecular complexity index is 431. The number of carbonyl (C=O) groups excluding carboxylic acids is 2. The van der Waals surface area contributed by atoms with E-state index < -0.39 is 0 Å². The molecule has 1 aliphatic rings. The molecule has 1 fully saturated rings. The van der Waals surface area contributed by atoms with Crippen LogP contribution in [0, 0.1) is 0 Å². The zero-order chi connectivity index (χ0) is 13.0. The summed E-state index contributed by atoms with van der Waals surface area (Å²) in [4.78, 5) is 26.9. The van der Waals surface area contributed by atoms with E-state index >= 15 is 0 Å². The Kier molecular flexibility index (Phi) is 3.97. The van der Waals surface area contributed by atoms with Crippen molar-refractivity contribution in [3.05, 3.63) is 35.9 Å². The van der Waals surface area contributed by atoms with E-state index in [1.165, 1.54) is 4.90 Å². The van der Waals surface area contributed by atoms with Gasteiger partial charge in [-0.25, -0.2) is 4.79 Å². The molecule has 1 aromatic carbocycles. The van der Waals surface area contributed by atoms with Gasteiger partial charge >= 0.3 is 6.03 Å². The summed E-state index contributed by atoms with van der Waals surface area (Å²) in [5.74, 6) is -0.0973. The van der Waals surface area contributed by atoms with Crippen molar-refractivity contribution >= 4 is 11.9 Å². The van der Waals surface area contributed by atoms with Crippen LogP contribution in [0.5, 0.6) is 0 Å². The van der Waals surface area contributed by atoms with E-state index in [0.717, 1.165) is 18.4 Å². The molecule has 18 heavy (non-hydrogen) atoms. The predicted octanol–water partition coefficient (Wildman–Crippen LogP) is 2.25. The molecule has 0 N–H and O–H groups in total. The normalized spacial score (nSPS) is 15.6. The number of amides is 3. The van der Waals surface area contributed by atoms with Crippen molar-refractivity contribution < 1.29 is 9.59 Å². The fourth-order valence-corrected chi connectivity index (χ4v) is 2.04. The van der Waals surface area contributed by atoms with Crippen molar-refractivity contribution in [2.24, 2.45) is 0 Å². The molecule has 0 atom stereocenters. The molecule has 3 amide bonds. The first kappa shape index (κ1) is 12.6. The maximum absolute atomic E-state index is 12.1. The maximum atomic E-state index is 12.1. The Balaban J connectivity index is 2.01. The summed E-state index contributed by atoms with van der Waals surface area (Å²) in [5.41, 5.74) is 0.983. The molecule has 1 saturated heterocycles. The first-order valence-electron chi connectivity index (χ1n) is 6.35. The Labute approximate surface area is 107 Å². The molecule has 1 aromatic rings. The first-order valence-corrected chi connectivity index (χ1v) is 6.35. The van der Waals surface area contributed by atoms with Gasteiger partial charge in [-0.3, -0.25) is 9.69 Å². The Hall–Kier alpha value is -1.84. The van der Waals surface area contributed by atoms with Gasteiger partial charge in [0, 0.05) is 6.54 Å². The summed E-state index contributed by atoms with van der Waals surface area (Å²) in [6.07, 6.45) is 1.97. The van der Waals surface area contributed by atoms with Crippen LogP contribution in [0.25, 0.3) is 0 Å². The van der Waals surface area contributed by atoms with Gasteiger partial charge in [-0.2, -0.15) is 0 Å². The number of hydrogen-bond acceptors (Lipinski definition) is 2. The number of urea groups is 1. The lowest BCUT2D eigenvalue weighted by Crippen LogP contribution is -2.33. The molecule has 1 aliphatic heterocycles. The van der Waals surface area contributed by atoms with Crippen molar-refractivity contribution in [1.29, 1.82) is 0 Å². The third-order valence-corrected chi connectivity index (χ3v) is 3.09. The number of imide groups is 1. The lowest BCUT2D eigenvalue weighted by atomic mass is 10.2. The highest BCUT2D eigenvalue weighted by Crippen LogP contribution is 2.15. The van der Waals surface area contributed by atoms with Gasteiger partial charge in [-0.15, -0.1) is 0 Å². The lowest BCUT2D eigenvalue weighted by Gasteiger charge is -2.16. The van der Waals surface area contributed by atoms with Gasteiger partial charge in [-0.1, -0.05) is 43.7 Å². The molecule has 0 bridgehead atoms. The van der Waals surface area contributed by atoms with Gasteiger partial charge < -0.3 is 4.90 Å². The standard InChI is InChI=1S/C14H18N2O2/c1-2-3-9-15-11-13(17)16(14(15)18)10-12-7-5-4-6-8-12/h4-8H,2-3,9-11H2,1H3. The van der Waals surface area contributed by atoms with E-state index in [-0.39, 0.29) is 18.5 Å². The fraction of sp³-hybridized carbons (Fsp3) is 0.429. The minimum atomic E-state index is -0.155. The van der Waals surface area contributed by atoms with E-state index in [1.54, 1.807) is 4.90 Å². The van der Waals surface area contributed by atoms with Gasteiger partial charge in [0.2, 0.25) is 0 Å². The third kappa shape index (κ3) is 2.70. The predicted molar refractivity (Wildman–Crippen MR) is 68.9 cm³/mol. The van der Waals surface area contributed by atoms with E-state index in [1.807, 2.05) is 30.3 Å². The van der Waals surface area contributed by atoms with E-state index in [9.17, 15) is 9.59 Å². The molecule has 4 nitrogen and oxygen atoms in total. The molecule has 0 aromatic heterocycles. The molecule has 4 heteroatoms. The van der Waals surface area contributed by atoms with Crippen LogP contribution >= 0.6 is 0 Å². The zero-order valence-electron chi connectivity index (χ0n) is 10.6. The van der Waals surface area contributed by atoms with Crippen LogP contribution in [0.15, 0.2) is 30.3 Å². The molecule has 2 rings (SSSR count). The molecule has 0 saturated carbocycles. The topological polar surface area (TPSA) is 40.6 Å². The second-order valence-corrected chi connectivity index (χ2v) is 4.52. The number of rotatable bonds is 5. The average molecular weight is 246 g/mol. The summed E-state index contributed by atoms with van der Waals surface area (Å²) in [7, 11) is 0. The number of hydrogen-bond donors (Lipinski definition) is 0. The highest BCUT2D eigenvalue weighted by atomic mass is 16.2. The van der Waals surface area contributed by atoms with Crippen molar-refractivity contribution in [2.75, 3.05) is 13.1 Å². The Morgan fingerprint density at radius 3 is 2.56 bits per heavy atom. The van der Waals surface area contributed by atoms with E-state index in [4.69, 9.17) is 0 Å². The molecule has 0 aliphatic carbocycles. The maximum Gasteiger partial charge on any atom is 0.327 e. The molecule has 1 heterocycles. The van der Waals surface area contributed by atoms with Crippen LogP contribution in [0.1, 0.15) is 25.3 Å². The lowest BCUT2D eigenvalue weighted by molar-refractivity contribution is -0.125. The van der Waals surface area contributed by atoms with Gasteiger partial charge in [0.05, 0.1) is 6.54 Å². The van der Waals surface area contributed by atoms with Crippen LogP contribution < -0.4 is 0 Å². The third-order valence-electron chi connectivity index (χ3n) is 3.09. The highest BCUT2D eigenvalue weighted by molar-refractivity contribution is 6.01. The molecular weight excluding hydrogens is 228 g/mol. The van der Waals surface area contributed by atoms with Crippen LogP contribution in [-0.4, -0.2) is 34.8 Å². The summed E-state index contributed by atoms with van der Waals surface area (Å²) >= 11 is 0. The molecule has 0 unspecified atom stereocenters. The van der Waals surface area contributed by atoms with Crippen molar-refractivity contribution in [2.45, 2.75) is 26.3 Å². The first-order chi connectivity index (χ1) is 8.72. The summed E-state index contributed by atoms with van der Waals surface area (Å²) in [6.45, 7) is 3.35. The van der Waals surface area contributed by atoms with Crippen molar-refractivity contribution in [1.82, 2.24) is 9.80 Å². The summed E-state index contributed by atoms with van der Waals surface area (Å²) in [5, 5.41) is 0. The minimum Gasteiger partial charge on any atom is -0.315 e. The van der Waals surface area contributed by atoms with E-state index in [0.29, 0.717) is 13.1 Å². The number of unbranched alkanes of at least 4 members (excludes halogenated alkanes) is 1. The molecular formula is C14H18N2O2. The smallest absolute Gasteiger partial charge is 0.315 e. The second kappa shape index (κ2) is 5.67. The van der Waals surface area contributed by atoms with Crippen LogP contribution in [0.4, 0.5) is 4.79 Å². The Morgan fingerprint density at radius 2 is 1.89 bits per heavy atom. The van der Waals surface area contributed by atoms with Gasteiger partial charge in [0.25, 0.3) is 5.91 Å². The molecule has 0 spiro atoms. The molecule has 0 radical (unpaired) electrons. The van der Waals surface area contributed by atoms with E-state index in [2.05, 4.69) is 6.92 Å². The second-order valence-electron chi connectivity index (χ2n) is 4.52. The number of benzene rings is 1. The van der Waals surface area contributed by atoms with Crippen molar-refractivity contribution in [3.63, 3.8) is 0 Å². The largest absolute Gasteiger partial charge is 0.327 e. The monoisotopic (exact) mass is 246 g/mol. The fourth-order valence-electron chi connectivity index (χ4n) is 2.04. The Morgan fingerprint density at radius 1 is 1.17 bits per heavy atom. The average Bonchev–Trinajstić information content (AvgIpc) is 2.65. The highest BCUT2D eigenvalue weighted by Gasteiger charge is 2.35. The van der Waals surface area contributed by atoms with Crippen molar-refractivity contribution in [3.8, 4) is 0 Å². The quantitative estimate of drug-likeness (QED) is 0.748. The van der Waals surface area contributed by atoms with Gasteiger partial charge in [-0.05, 0) is 12.0 Å². The number of carbonyl (C=O) groups is 2. The van der Waals surface area contributed by atoms with Gasteiger partial charge in [0.1, 0.15) is 6.54 Å². The minimum absolute atomic E-state index is 0.0973. The zero-order valence-corrected chi connectivity index (χ0v) is 10.6. The number of nitrogens with zero attached hydrogens (tertiary/aromatic N) is 2.